The third-order valence-electron chi connectivity index (χ3n) is 3.12. The lowest BCUT2D eigenvalue weighted by Gasteiger charge is -2.28. The van der Waals surface area contributed by atoms with Crippen molar-refractivity contribution in [2.24, 2.45) is 0 Å². The number of amides is 1. The molecule has 3 heteroatoms. The van der Waals surface area contributed by atoms with E-state index in [1.54, 1.807) is 0 Å². The number of para-hydroxylation sites is 2. The summed E-state index contributed by atoms with van der Waals surface area (Å²) in [6.07, 6.45) is 1.54. The highest BCUT2D eigenvalue weighted by molar-refractivity contribution is 5.98. The summed E-state index contributed by atoms with van der Waals surface area (Å²) in [5, 5.41) is 3.30. The second-order valence-electron chi connectivity index (χ2n) is 4.21. The zero-order valence-corrected chi connectivity index (χ0v) is 9.86. The Balaban J connectivity index is 2.43. The Morgan fingerprint density at radius 2 is 2.19 bits per heavy atom. The van der Waals surface area contributed by atoms with Crippen LogP contribution < -0.4 is 10.2 Å². The van der Waals surface area contributed by atoms with Gasteiger partial charge in [0.2, 0.25) is 5.91 Å². The number of hydrogen-bond acceptors (Lipinski definition) is 2. The van der Waals surface area contributed by atoms with Crippen LogP contribution in [0.2, 0.25) is 0 Å². The van der Waals surface area contributed by atoms with Crippen LogP contribution in [0.25, 0.3) is 0 Å². The molecule has 1 aliphatic heterocycles. The van der Waals surface area contributed by atoms with Crippen molar-refractivity contribution < 1.29 is 4.79 Å². The molecule has 0 aliphatic carbocycles. The van der Waals surface area contributed by atoms with E-state index < -0.39 is 0 Å². The van der Waals surface area contributed by atoms with Crippen molar-refractivity contribution in [1.29, 1.82) is 0 Å². The fourth-order valence-corrected chi connectivity index (χ4v) is 2.06. The molecule has 1 heterocycles. The van der Waals surface area contributed by atoms with Gasteiger partial charge >= 0.3 is 0 Å². The Kier molecular flexibility index (Phi) is 3.13. The summed E-state index contributed by atoms with van der Waals surface area (Å²) >= 11 is 0. The van der Waals surface area contributed by atoms with Gasteiger partial charge in [0.15, 0.2) is 0 Å². The molecule has 0 saturated carbocycles. The van der Waals surface area contributed by atoms with Crippen LogP contribution in [-0.4, -0.2) is 18.5 Å². The van der Waals surface area contributed by atoms with Crippen LogP contribution in [0.4, 0.5) is 11.4 Å². The van der Waals surface area contributed by atoms with E-state index in [1.807, 2.05) is 29.2 Å². The molecule has 1 aromatic rings. The van der Waals surface area contributed by atoms with Gasteiger partial charge in [-0.15, -0.1) is 0 Å². The molecule has 1 N–H and O–H groups in total. The number of nitrogens with one attached hydrogen (secondary N) is 1. The summed E-state index contributed by atoms with van der Waals surface area (Å²) in [6.45, 7) is 4.93. The van der Waals surface area contributed by atoms with Gasteiger partial charge < -0.3 is 10.2 Å². The summed E-state index contributed by atoms with van der Waals surface area (Å²) in [4.78, 5) is 14.0. The summed E-state index contributed by atoms with van der Waals surface area (Å²) in [7, 11) is 0. The monoisotopic (exact) mass is 218 g/mol. The van der Waals surface area contributed by atoms with E-state index >= 15 is 0 Å². The van der Waals surface area contributed by atoms with Gasteiger partial charge in [0.1, 0.15) is 0 Å². The Bertz CT molecular complexity index is 389. The number of carbonyl (C=O) groups excluding carboxylic acids is 1. The molecule has 16 heavy (non-hydrogen) atoms. The lowest BCUT2D eigenvalue weighted by Crippen LogP contribution is -2.37. The van der Waals surface area contributed by atoms with Crippen molar-refractivity contribution in [2.45, 2.75) is 32.7 Å². The van der Waals surface area contributed by atoms with Gasteiger partial charge in [0.25, 0.3) is 0 Å². The number of nitrogens with zero attached hydrogens (tertiary/aromatic N) is 1. The smallest absolute Gasteiger partial charge is 0.229 e. The number of anilines is 2. The molecule has 86 valence electrons. The molecule has 0 aromatic heterocycles. The van der Waals surface area contributed by atoms with Crippen molar-refractivity contribution in [1.82, 2.24) is 0 Å². The van der Waals surface area contributed by atoms with E-state index in [1.165, 1.54) is 0 Å². The number of carbonyl (C=O) groups is 1. The Morgan fingerprint density at radius 1 is 1.44 bits per heavy atom. The molecule has 0 fully saturated rings. The van der Waals surface area contributed by atoms with Gasteiger partial charge in [-0.1, -0.05) is 19.1 Å². The van der Waals surface area contributed by atoms with Crippen molar-refractivity contribution in [3.63, 3.8) is 0 Å². The van der Waals surface area contributed by atoms with Crippen LogP contribution in [0.5, 0.6) is 0 Å². The lowest BCUT2D eigenvalue weighted by atomic mass is 10.1. The van der Waals surface area contributed by atoms with E-state index in [-0.39, 0.29) is 11.9 Å². The van der Waals surface area contributed by atoms with Gasteiger partial charge in [-0.05, 0) is 25.5 Å². The quantitative estimate of drug-likeness (QED) is 0.827. The lowest BCUT2D eigenvalue weighted by molar-refractivity contribution is -0.118. The summed E-state index contributed by atoms with van der Waals surface area (Å²) in [5.74, 6) is 0.215. The number of fused-ring (bicyclic) bond motifs is 1. The van der Waals surface area contributed by atoms with E-state index in [0.29, 0.717) is 6.42 Å². The van der Waals surface area contributed by atoms with Crippen molar-refractivity contribution in [3.05, 3.63) is 24.3 Å². The zero-order valence-electron chi connectivity index (χ0n) is 9.86. The summed E-state index contributed by atoms with van der Waals surface area (Å²) in [6, 6.07) is 8.28. The minimum absolute atomic E-state index is 0.215. The first kappa shape index (κ1) is 11.0. The minimum atomic E-state index is 0.215. The molecule has 0 spiro atoms. The molecule has 0 radical (unpaired) electrons. The number of hydrogen-bond donors (Lipinski definition) is 1. The second kappa shape index (κ2) is 4.56. The Hall–Kier alpha value is -1.51. The fourth-order valence-electron chi connectivity index (χ4n) is 2.06. The zero-order chi connectivity index (χ0) is 11.5. The SMILES string of the molecule is CCC(C)N1C(=O)CCNc2ccccc21. The van der Waals surface area contributed by atoms with Crippen LogP contribution in [0.15, 0.2) is 24.3 Å². The molecule has 0 bridgehead atoms. The van der Waals surface area contributed by atoms with Crippen LogP contribution in [-0.2, 0) is 4.79 Å². The molecule has 0 saturated heterocycles. The first-order chi connectivity index (χ1) is 7.74. The third kappa shape index (κ3) is 1.90. The fraction of sp³-hybridized carbons (Fsp3) is 0.462. The summed E-state index contributed by atoms with van der Waals surface area (Å²) in [5.41, 5.74) is 2.08. The maximum absolute atomic E-state index is 12.1. The van der Waals surface area contributed by atoms with E-state index in [4.69, 9.17) is 0 Å². The molecular weight excluding hydrogens is 200 g/mol. The van der Waals surface area contributed by atoms with E-state index in [0.717, 1.165) is 24.3 Å². The predicted molar refractivity (Wildman–Crippen MR) is 66.8 cm³/mol. The maximum Gasteiger partial charge on any atom is 0.229 e. The molecule has 1 atom stereocenters. The number of rotatable bonds is 2. The second-order valence-corrected chi connectivity index (χ2v) is 4.21. The highest BCUT2D eigenvalue weighted by Crippen LogP contribution is 2.30. The topological polar surface area (TPSA) is 32.3 Å². The molecule has 1 aliphatic rings. The van der Waals surface area contributed by atoms with Gasteiger partial charge in [-0.3, -0.25) is 4.79 Å². The molecule has 2 rings (SSSR count). The van der Waals surface area contributed by atoms with E-state index in [9.17, 15) is 4.79 Å². The van der Waals surface area contributed by atoms with Crippen molar-refractivity contribution in [3.8, 4) is 0 Å². The van der Waals surface area contributed by atoms with Crippen molar-refractivity contribution >= 4 is 17.3 Å². The third-order valence-corrected chi connectivity index (χ3v) is 3.12. The molecule has 1 unspecified atom stereocenters. The number of benzene rings is 1. The minimum Gasteiger partial charge on any atom is -0.383 e. The van der Waals surface area contributed by atoms with Crippen molar-refractivity contribution in [2.75, 3.05) is 16.8 Å². The Labute approximate surface area is 96.5 Å². The largest absolute Gasteiger partial charge is 0.383 e. The van der Waals surface area contributed by atoms with Crippen LogP contribution in [0, 0.1) is 0 Å². The average Bonchev–Trinajstić information content (AvgIpc) is 2.46. The Morgan fingerprint density at radius 3 is 2.94 bits per heavy atom. The highest BCUT2D eigenvalue weighted by Gasteiger charge is 2.24. The summed E-state index contributed by atoms with van der Waals surface area (Å²) < 4.78 is 0. The molecule has 1 amide bonds. The standard InChI is InChI=1S/C13H18N2O/c1-3-10(2)15-12-7-5-4-6-11(12)14-9-8-13(15)16/h4-7,10,14H,3,8-9H2,1-2H3. The highest BCUT2D eigenvalue weighted by atomic mass is 16.2. The van der Waals surface area contributed by atoms with E-state index in [2.05, 4.69) is 19.2 Å². The first-order valence-electron chi connectivity index (χ1n) is 5.89. The van der Waals surface area contributed by atoms with Gasteiger partial charge in [0, 0.05) is 19.0 Å². The van der Waals surface area contributed by atoms with Gasteiger partial charge in [-0.25, -0.2) is 0 Å². The first-order valence-corrected chi connectivity index (χ1v) is 5.89. The van der Waals surface area contributed by atoms with Crippen LogP contribution in [0.3, 0.4) is 0 Å². The predicted octanol–water partition coefficient (Wildman–Crippen LogP) is 2.63. The molecular formula is C13H18N2O. The van der Waals surface area contributed by atoms with Crippen LogP contribution in [0.1, 0.15) is 26.7 Å². The molecule has 3 nitrogen and oxygen atoms in total. The maximum atomic E-state index is 12.1. The van der Waals surface area contributed by atoms with Gasteiger partial charge in [0.05, 0.1) is 11.4 Å². The van der Waals surface area contributed by atoms with Gasteiger partial charge in [-0.2, -0.15) is 0 Å². The molecule has 1 aromatic carbocycles. The average molecular weight is 218 g/mol. The van der Waals surface area contributed by atoms with Crippen LogP contribution >= 0.6 is 0 Å². The normalized spacial score (nSPS) is 17.4.